The van der Waals surface area contributed by atoms with Crippen molar-refractivity contribution in [2.75, 3.05) is 26.0 Å². The van der Waals surface area contributed by atoms with Crippen LogP contribution < -0.4 is 0 Å². The van der Waals surface area contributed by atoms with Crippen LogP contribution in [0.15, 0.2) is 29.7 Å². The lowest BCUT2D eigenvalue weighted by atomic mass is 10.1. The molecule has 2 rings (SSSR count). The van der Waals surface area contributed by atoms with Crippen molar-refractivity contribution < 1.29 is 22.3 Å². The summed E-state index contributed by atoms with van der Waals surface area (Å²) in [4.78, 5) is 14.1. The number of hydrogen-bond donors (Lipinski definition) is 0. The van der Waals surface area contributed by atoms with Crippen molar-refractivity contribution in [1.82, 2.24) is 4.90 Å². The van der Waals surface area contributed by atoms with E-state index in [1.54, 1.807) is 11.0 Å². The van der Waals surface area contributed by atoms with E-state index >= 15 is 0 Å². The Morgan fingerprint density at radius 2 is 2.21 bits per heavy atom. The van der Waals surface area contributed by atoms with Gasteiger partial charge in [-0.05, 0) is 17.7 Å². The van der Waals surface area contributed by atoms with Crippen LogP contribution in [0.5, 0.6) is 0 Å². The van der Waals surface area contributed by atoms with Gasteiger partial charge in [-0.1, -0.05) is 23.7 Å². The fourth-order valence-corrected chi connectivity index (χ4v) is 4.10. The highest BCUT2D eigenvalue weighted by Crippen LogP contribution is 2.22. The zero-order valence-electron chi connectivity index (χ0n) is 13.2. The third kappa shape index (κ3) is 5.29. The second-order valence-electron chi connectivity index (χ2n) is 5.67. The molecule has 0 aliphatic carbocycles. The minimum absolute atomic E-state index is 0.0475. The Morgan fingerprint density at radius 1 is 1.46 bits per heavy atom. The number of ether oxygens (including phenoxy) is 1. The molecule has 0 saturated carbocycles. The number of allylic oxidation sites excluding steroid dienone is 1. The van der Waals surface area contributed by atoms with E-state index in [0.29, 0.717) is 18.7 Å². The highest BCUT2D eigenvalue weighted by molar-refractivity contribution is 7.94. The highest BCUT2D eigenvalue weighted by atomic mass is 35.5. The van der Waals surface area contributed by atoms with Gasteiger partial charge >= 0.3 is 0 Å². The summed E-state index contributed by atoms with van der Waals surface area (Å²) in [5, 5.41) is 1.40. The normalized spacial score (nSPS) is 18.7. The first kappa shape index (κ1) is 18.9. The second kappa shape index (κ2) is 8.09. The topological polar surface area (TPSA) is 63.7 Å². The zero-order chi connectivity index (χ0) is 17.7. The number of benzene rings is 1. The molecule has 0 saturated heterocycles. The summed E-state index contributed by atoms with van der Waals surface area (Å²) in [5.41, 5.74) is 0.622. The predicted octanol–water partition coefficient (Wildman–Crippen LogP) is 2.40. The van der Waals surface area contributed by atoms with Crippen molar-refractivity contribution in [3.63, 3.8) is 0 Å². The molecule has 1 aromatic rings. The van der Waals surface area contributed by atoms with Gasteiger partial charge in [0.05, 0.1) is 12.4 Å². The Labute approximate surface area is 146 Å². The average molecular weight is 376 g/mol. The van der Waals surface area contributed by atoms with Crippen LogP contribution in [0.25, 0.3) is 0 Å². The molecule has 1 aliphatic rings. The zero-order valence-corrected chi connectivity index (χ0v) is 14.8. The summed E-state index contributed by atoms with van der Waals surface area (Å²) in [6.07, 6.45) is 1.64. The SMILES string of the molecule is COCCN(Cc1ccc(F)cc1Cl)C(=O)CC1C=CS(=O)(=O)C1. The van der Waals surface area contributed by atoms with E-state index in [4.69, 9.17) is 16.3 Å². The van der Waals surface area contributed by atoms with Gasteiger partial charge in [-0.15, -0.1) is 0 Å². The number of carbonyl (C=O) groups excluding carboxylic acids is 1. The maximum atomic E-state index is 13.1. The highest BCUT2D eigenvalue weighted by Gasteiger charge is 2.26. The van der Waals surface area contributed by atoms with E-state index in [1.807, 2.05) is 0 Å². The third-order valence-corrected chi connectivity index (χ3v) is 5.55. The molecule has 0 fully saturated rings. The monoisotopic (exact) mass is 375 g/mol. The Hall–Kier alpha value is -1.44. The minimum Gasteiger partial charge on any atom is -0.383 e. The number of amides is 1. The van der Waals surface area contributed by atoms with Gasteiger partial charge in [0.2, 0.25) is 5.91 Å². The number of nitrogens with zero attached hydrogens (tertiary/aromatic N) is 1. The number of sulfone groups is 1. The molecule has 8 heteroatoms. The molecule has 24 heavy (non-hydrogen) atoms. The smallest absolute Gasteiger partial charge is 0.223 e. The lowest BCUT2D eigenvalue weighted by molar-refractivity contribution is -0.133. The van der Waals surface area contributed by atoms with Crippen LogP contribution in [0, 0.1) is 11.7 Å². The van der Waals surface area contributed by atoms with E-state index in [2.05, 4.69) is 0 Å². The third-order valence-electron chi connectivity index (χ3n) is 3.74. The second-order valence-corrected chi connectivity index (χ2v) is 8.00. The lowest BCUT2D eigenvalue weighted by Gasteiger charge is -2.24. The van der Waals surface area contributed by atoms with E-state index in [0.717, 1.165) is 5.41 Å². The summed E-state index contributed by atoms with van der Waals surface area (Å²) in [6, 6.07) is 4.01. The van der Waals surface area contributed by atoms with Crippen LogP contribution >= 0.6 is 11.6 Å². The number of hydrogen-bond acceptors (Lipinski definition) is 4. The molecule has 132 valence electrons. The summed E-state index contributed by atoms with van der Waals surface area (Å²) >= 11 is 6.02. The summed E-state index contributed by atoms with van der Waals surface area (Å²) < 4.78 is 41.1. The van der Waals surface area contributed by atoms with Gasteiger partial charge in [-0.25, -0.2) is 12.8 Å². The maximum Gasteiger partial charge on any atom is 0.223 e. The Bertz CT molecular complexity index is 736. The van der Waals surface area contributed by atoms with Gasteiger partial charge < -0.3 is 9.64 Å². The first-order valence-electron chi connectivity index (χ1n) is 7.42. The summed E-state index contributed by atoms with van der Waals surface area (Å²) in [7, 11) is -1.67. The Balaban J connectivity index is 2.06. The first-order chi connectivity index (χ1) is 11.3. The lowest BCUT2D eigenvalue weighted by Crippen LogP contribution is -2.34. The molecule has 0 bridgehead atoms. The largest absolute Gasteiger partial charge is 0.383 e. The van der Waals surface area contributed by atoms with Crippen molar-refractivity contribution in [2.24, 2.45) is 5.92 Å². The predicted molar refractivity (Wildman–Crippen MR) is 89.7 cm³/mol. The molecule has 1 aromatic carbocycles. The van der Waals surface area contributed by atoms with Crippen LogP contribution in [-0.2, 0) is 25.9 Å². The quantitative estimate of drug-likeness (QED) is 0.734. The van der Waals surface area contributed by atoms with Crippen molar-refractivity contribution in [2.45, 2.75) is 13.0 Å². The molecular formula is C16H19ClFNO4S. The van der Waals surface area contributed by atoms with E-state index in [1.165, 1.54) is 25.3 Å². The van der Waals surface area contributed by atoms with Crippen LogP contribution in [-0.4, -0.2) is 45.2 Å². The molecule has 1 heterocycles. The van der Waals surface area contributed by atoms with Crippen molar-refractivity contribution in [3.05, 3.63) is 46.1 Å². The number of rotatable bonds is 7. The molecule has 0 aromatic heterocycles. The van der Waals surface area contributed by atoms with Gasteiger partial charge in [0.15, 0.2) is 9.84 Å². The summed E-state index contributed by atoms with van der Waals surface area (Å²) in [5.74, 6) is -1.01. The molecule has 0 spiro atoms. The molecule has 1 amide bonds. The van der Waals surface area contributed by atoms with Crippen molar-refractivity contribution in [1.29, 1.82) is 0 Å². The van der Waals surface area contributed by atoms with E-state index in [-0.39, 0.29) is 35.6 Å². The van der Waals surface area contributed by atoms with Crippen molar-refractivity contribution in [3.8, 4) is 0 Å². The van der Waals surface area contributed by atoms with E-state index in [9.17, 15) is 17.6 Å². The fraction of sp³-hybridized carbons (Fsp3) is 0.438. The molecular weight excluding hydrogens is 357 g/mol. The van der Waals surface area contributed by atoms with Gasteiger partial charge in [0.25, 0.3) is 0 Å². The van der Waals surface area contributed by atoms with Crippen LogP contribution in [0.4, 0.5) is 4.39 Å². The molecule has 5 nitrogen and oxygen atoms in total. The first-order valence-corrected chi connectivity index (χ1v) is 9.51. The average Bonchev–Trinajstić information content (AvgIpc) is 2.84. The van der Waals surface area contributed by atoms with Gasteiger partial charge in [-0.2, -0.15) is 0 Å². The molecule has 1 atom stereocenters. The summed E-state index contributed by atoms with van der Waals surface area (Å²) in [6.45, 7) is 0.889. The van der Waals surface area contributed by atoms with Crippen molar-refractivity contribution >= 4 is 27.3 Å². The number of carbonyl (C=O) groups is 1. The molecule has 0 radical (unpaired) electrons. The van der Waals surface area contributed by atoms with Crippen LogP contribution in [0.1, 0.15) is 12.0 Å². The molecule has 1 unspecified atom stereocenters. The maximum absolute atomic E-state index is 13.1. The van der Waals surface area contributed by atoms with Gasteiger partial charge in [0, 0.05) is 43.0 Å². The van der Waals surface area contributed by atoms with Crippen LogP contribution in [0.2, 0.25) is 5.02 Å². The Morgan fingerprint density at radius 3 is 2.79 bits per heavy atom. The van der Waals surface area contributed by atoms with E-state index < -0.39 is 15.7 Å². The standard InChI is InChI=1S/C16H19ClFNO4S/c1-23-6-5-19(10-13-2-3-14(18)9-15(13)17)16(20)8-12-4-7-24(21,22)11-12/h2-4,7,9,12H,5-6,8,10-11H2,1H3. The number of halogens is 2. The van der Waals surface area contributed by atoms with Gasteiger partial charge in [0.1, 0.15) is 5.82 Å². The molecule has 1 aliphatic heterocycles. The Kier molecular flexibility index (Phi) is 6.37. The molecule has 0 N–H and O–H groups in total. The minimum atomic E-state index is -3.19. The number of methoxy groups -OCH3 is 1. The van der Waals surface area contributed by atoms with Crippen LogP contribution in [0.3, 0.4) is 0 Å². The fourth-order valence-electron chi connectivity index (χ4n) is 2.47. The van der Waals surface area contributed by atoms with Gasteiger partial charge in [-0.3, -0.25) is 4.79 Å².